The number of hydrogen-bond acceptors (Lipinski definition) is 6. The standard InChI is InChI=1S/C25H27N5O2S/c33-25(26-16-21-11-6-14-31-21)29-24-27-22(15-23(28-24)32-20-9-2-1-3-10-20)30-13-12-18-7-4-5-8-19(18)17-30/h1-5,7-10,15,21H,6,11-14,16-17H2,(H2,26,27,28,29,33). The molecule has 0 spiro atoms. The first-order valence-electron chi connectivity index (χ1n) is 11.3. The summed E-state index contributed by atoms with van der Waals surface area (Å²) in [6, 6.07) is 20.1. The van der Waals surface area contributed by atoms with Gasteiger partial charge in [0.2, 0.25) is 11.8 Å². The summed E-state index contributed by atoms with van der Waals surface area (Å²) in [5.74, 6) is 2.39. The summed E-state index contributed by atoms with van der Waals surface area (Å²) in [5.41, 5.74) is 2.71. The molecule has 1 unspecified atom stereocenters. The van der Waals surface area contributed by atoms with E-state index in [4.69, 9.17) is 26.7 Å². The summed E-state index contributed by atoms with van der Waals surface area (Å²) in [4.78, 5) is 11.6. The van der Waals surface area contributed by atoms with Crippen LogP contribution in [-0.2, 0) is 17.7 Å². The van der Waals surface area contributed by atoms with Crippen molar-refractivity contribution in [3.05, 3.63) is 71.8 Å². The zero-order chi connectivity index (χ0) is 22.5. The molecule has 3 heterocycles. The average molecular weight is 462 g/mol. The Kier molecular flexibility index (Phi) is 6.64. The van der Waals surface area contributed by atoms with E-state index in [-0.39, 0.29) is 6.10 Å². The van der Waals surface area contributed by atoms with E-state index in [9.17, 15) is 0 Å². The highest BCUT2D eigenvalue weighted by Gasteiger charge is 2.20. The van der Waals surface area contributed by atoms with Crippen molar-refractivity contribution in [2.45, 2.75) is 31.9 Å². The lowest BCUT2D eigenvalue weighted by Crippen LogP contribution is -2.35. The smallest absolute Gasteiger partial charge is 0.234 e. The second-order valence-electron chi connectivity index (χ2n) is 8.21. The van der Waals surface area contributed by atoms with Gasteiger partial charge >= 0.3 is 0 Å². The number of aromatic nitrogens is 2. The van der Waals surface area contributed by atoms with Crippen molar-refractivity contribution in [2.75, 3.05) is 29.9 Å². The van der Waals surface area contributed by atoms with Crippen LogP contribution in [0.3, 0.4) is 0 Å². The topological polar surface area (TPSA) is 71.5 Å². The number of hydrogen-bond donors (Lipinski definition) is 2. The molecule has 2 aliphatic heterocycles. The normalized spacial score (nSPS) is 17.3. The Bertz CT molecular complexity index is 1100. The first kappa shape index (κ1) is 21.6. The zero-order valence-corrected chi connectivity index (χ0v) is 19.2. The number of nitrogens with zero attached hydrogens (tertiary/aromatic N) is 3. The molecular weight excluding hydrogens is 434 g/mol. The van der Waals surface area contributed by atoms with Gasteiger partial charge in [-0.2, -0.15) is 9.97 Å². The second-order valence-corrected chi connectivity index (χ2v) is 8.62. The molecule has 2 N–H and O–H groups in total. The lowest BCUT2D eigenvalue weighted by atomic mass is 10.00. The quantitative estimate of drug-likeness (QED) is 0.527. The fourth-order valence-corrected chi connectivity index (χ4v) is 4.32. The van der Waals surface area contributed by atoms with Gasteiger partial charge in [-0.05, 0) is 54.7 Å². The largest absolute Gasteiger partial charge is 0.439 e. The number of thiocarbonyl (C=S) groups is 1. The minimum Gasteiger partial charge on any atom is -0.439 e. The van der Waals surface area contributed by atoms with Crippen molar-refractivity contribution in [1.82, 2.24) is 15.3 Å². The predicted molar refractivity (Wildman–Crippen MR) is 133 cm³/mol. The molecule has 0 aliphatic carbocycles. The number of para-hydroxylation sites is 1. The third kappa shape index (κ3) is 5.58. The molecule has 5 rings (SSSR count). The number of anilines is 2. The lowest BCUT2D eigenvalue weighted by molar-refractivity contribution is 0.114. The molecule has 1 atom stereocenters. The summed E-state index contributed by atoms with van der Waals surface area (Å²) in [6.45, 7) is 3.15. The van der Waals surface area contributed by atoms with E-state index in [0.717, 1.165) is 50.5 Å². The Morgan fingerprint density at radius 1 is 1.09 bits per heavy atom. The van der Waals surface area contributed by atoms with E-state index >= 15 is 0 Å². The highest BCUT2D eigenvalue weighted by atomic mass is 32.1. The number of fused-ring (bicyclic) bond motifs is 1. The minimum absolute atomic E-state index is 0.197. The summed E-state index contributed by atoms with van der Waals surface area (Å²) in [6.07, 6.45) is 3.31. The summed E-state index contributed by atoms with van der Waals surface area (Å²) in [5, 5.41) is 6.81. The maximum atomic E-state index is 6.04. The van der Waals surface area contributed by atoms with E-state index in [1.165, 1.54) is 11.1 Å². The van der Waals surface area contributed by atoms with Crippen molar-refractivity contribution in [3.8, 4) is 11.6 Å². The second kappa shape index (κ2) is 10.1. The van der Waals surface area contributed by atoms with Crippen LogP contribution in [0.2, 0.25) is 0 Å². The molecule has 2 aromatic carbocycles. The van der Waals surface area contributed by atoms with Crippen LogP contribution in [0, 0.1) is 0 Å². The highest BCUT2D eigenvalue weighted by Crippen LogP contribution is 2.28. The van der Waals surface area contributed by atoms with Crippen molar-refractivity contribution in [1.29, 1.82) is 0 Å². The van der Waals surface area contributed by atoms with Gasteiger partial charge in [0.25, 0.3) is 0 Å². The first-order chi connectivity index (χ1) is 16.2. The highest BCUT2D eigenvalue weighted by molar-refractivity contribution is 7.80. The van der Waals surface area contributed by atoms with E-state index in [1.54, 1.807) is 0 Å². The molecular formula is C25H27N5O2S. The molecule has 7 nitrogen and oxygen atoms in total. The fraction of sp³-hybridized carbons (Fsp3) is 0.320. The maximum Gasteiger partial charge on any atom is 0.234 e. The van der Waals surface area contributed by atoms with Crippen LogP contribution in [0.15, 0.2) is 60.7 Å². The molecule has 8 heteroatoms. The first-order valence-corrected chi connectivity index (χ1v) is 11.7. The average Bonchev–Trinajstić information content (AvgIpc) is 3.37. The van der Waals surface area contributed by atoms with E-state index < -0.39 is 0 Å². The summed E-state index contributed by atoms with van der Waals surface area (Å²) < 4.78 is 11.7. The third-order valence-corrected chi connectivity index (χ3v) is 6.10. The lowest BCUT2D eigenvalue weighted by Gasteiger charge is -2.30. The van der Waals surface area contributed by atoms with Crippen LogP contribution >= 0.6 is 12.2 Å². The van der Waals surface area contributed by atoms with Gasteiger partial charge in [0.1, 0.15) is 11.6 Å². The van der Waals surface area contributed by atoms with Gasteiger partial charge in [0, 0.05) is 32.3 Å². The van der Waals surface area contributed by atoms with Crippen molar-refractivity contribution in [3.63, 3.8) is 0 Å². The number of ether oxygens (including phenoxy) is 2. The van der Waals surface area contributed by atoms with Gasteiger partial charge in [0.05, 0.1) is 6.10 Å². The van der Waals surface area contributed by atoms with Crippen molar-refractivity contribution >= 4 is 29.1 Å². The van der Waals surface area contributed by atoms with Gasteiger partial charge in [0.15, 0.2) is 5.11 Å². The molecule has 0 saturated carbocycles. The minimum atomic E-state index is 0.197. The van der Waals surface area contributed by atoms with Crippen LogP contribution in [0.25, 0.3) is 0 Å². The van der Waals surface area contributed by atoms with E-state index in [1.807, 2.05) is 36.4 Å². The van der Waals surface area contributed by atoms with Crippen LogP contribution in [-0.4, -0.2) is 40.9 Å². The van der Waals surface area contributed by atoms with Crippen molar-refractivity contribution < 1.29 is 9.47 Å². The Balaban J connectivity index is 1.35. The third-order valence-electron chi connectivity index (χ3n) is 5.85. The van der Waals surface area contributed by atoms with Gasteiger partial charge in [-0.25, -0.2) is 0 Å². The Morgan fingerprint density at radius 2 is 1.91 bits per heavy atom. The number of nitrogens with one attached hydrogen (secondary N) is 2. The molecule has 170 valence electrons. The molecule has 2 aliphatic rings. The van der Waals surface area contributed by atoms with Crippen LogP contribution < -0.4 is 20.3 Å². The monoisotopic (exact) mass is 461 g/mol. The number of benzene rings is 2. The molecule has 3 aromatic rings. The molecule has 1 fully saturated rings. The number of rotatable bonds is 6. The Labute approximate surface area is 199 Å². The predicted octanol–water partition coefficient (Wildman–Crippen LogP) is 4.30. The molecule has 0 radical (unpaired) electrons. The van der Waals surface area contributed by atoms with E-state index in [0.29, 0.717) is 23.5 Å². The summed E-state index contributed by atoms with van der Waals surface area (Å²) in [7, 11) is 0. The molecule has 0 amide bonds. The SMILES string of the molecule is S=C(NCC1CCCO1)Nc1nc(Oc2ccccc2)cc(N2CCc3ccccc3C2)n1. The summed E-state index contributed by atoms with van der Waals surface area (Å²) >= 11 is 5.48. The zero-order valence-electron chi connectivity index (χ0n) is 18.4. The molecule has 1 saturated heterocycles. The van der Waals surface area contributed by atoms with Gasteiger partial charge in [-0.1, -0.05) is 42.5 Å². The van der Waals surface area contributed by atoms with Crippen LogP contribution in [0.1, 0.15) is 24.0 Å². The van der Waals surface area contributed by atoms with E-state index in [2.05, 4.69) is 44.8 Å². The van der Waals surface area contributed by atoms with Gasteiger partial charge in [-0.3, -0.25) is 0 Å². The Hall–Kier alpha value is -3.23. The maximum absolute atomic E-state index is 6.04. The van der Waals surface area contributed by atoms with Gasteiger partial charge in [-0.15, -0.1) is 0 Å². The van der Waals surface area contributed by atoms with Crippen molar-refractivity contribution in [2.24, 2.45) is 0 Å². The van der Waals surface area contributed by atoms with Crippen LogP contribution in [0.5, 0.6) is 11.6 Å². The molecule has 1 aromatic heterocycles. The Morgan fingerprint density at radius 3 is 2.73 bits per heavy atom. The fourth-order valence-electron chi connectivity index (χ4n) is 4.14. The van der Waals surface area contributed by atoms with Crippen LogP contribution in [0.4, 0.5) is 11.8 Å². The molecule has 0 bridgehead atoms. The molecule has 33 heavy (non-hydrogen) atoms. The van der Waals surface area contributed by atoms with Gasteiger partial charge < -0.3 is 25.0 Å².